The summed E-state index contributed by atoms with van der Waals surface area (Å²) in [5.41, 5.74) is 3.04. The summed E-state index contributed by atoms with van der Waals surface area (Å²) in [5, 5.41) is 1.84. The van der Waals surface area contributed by atoms with Crippen molar-refractivity contribution in [3.63, 3.8) is 0 Å². The molecule has 11 heavy (non-hydrogen) atoms. The Balaban J connectivity index is 2.71. The molecule has 0 bridgehead atoms. The molecule has 0 fully saturated rings. The zero-order chi connectivity index (χ0) is 8.27. The molecule has 1 aromatic rings. The largest absolute Gasteiger partial charge is 0.304 e. The molecule has 0 saturated carbocycles. The predicted octanol–water partition coefficient (Wildman–Crippen LogP) is 1.73. The lowest BCUT2D eigenvalue weighted by molar-refractivity contribution is 0.492. The lowest BCUT2D eigenvalue weighted by atomic mass is 10.5. The molecule has 1 N–H and O–H groups in total. The molecule has 0 aromatic carbocycles. The van der Waals surface area contributed by atoms with Crippen molar-refractivity contribution in [2.75, 3.05) is 19.5 Å². The van der Waals surface area contributed by atoms with E-state index < -0.39 is 0 Å². The average Bonchev–Trinajstić information content (AvgIpc) is 1.85. The van der Waals surface area contributed by atoms with E-state index in [9.17, 15) is 0 Å². The van der Waals surface area contributed by atoms with Crippen LogP contribution in [-0.2, 0) is 0 Å². The Labute approximate surface area is 74.5 Å². The van der Waals surface area contributed by atoms with E-state index in [-0.39, 0.29) is 0 Å². The molecule has 4 heteroatoms. The highest BCUT2D eigenvalue weighted by molar-refractivity contribution is 9.10. The summed E-state index contributed by atoms with van der Waals surface area (Å²) in [7, 11) is 3.84. The second-order valence-corrected chi connectivity index (χ2v) is 3.16. The van der Waals surface area contributed by atoms with Gasteiger partial charge in [0.2, 0.25) is 0 Å². The van der Waals surface area contributed by atoms with Gasteiger partial charge in [0.05, 0.1) is 0 Å². The minimum absolute atomic E-state index is 0.837. The van der Waals surface area contributed by atoms with Crippen LogP contribution in [0.3, 0.4) is 0 Å². The summed E-state index contributed by atoms with van der Waals surface area (Å²) < 4.78 is 0.837. The monoisotopic (exact) mass is 215 g/mol. The molecule has 0 unspecified atom stereocenters. The lowest BCUT2D eigenvalue weighted by Crippen LogP contribution is -2.20. The summed E-state index contributed by atoms with van der Waals surface area (Å²) in [6.07, 6.45) is 0. The van der Waals surface area contributed by atoms with Gasteiger partial charge < -0.3 is 5.43 Å². The summed E-state index contributed by atoms with van der Waals surface area (Å²) in [5.74, 6) is 0.837. The number of nitrogens with one attached hydrogen (secondary N) is 1. The van der Waals surface area contributed by atoms with Crippen molar-refractivity contribution in [1.82, 2.24) is 9.99 Å². The Bertz CT molecular complexity index is 237. The number of anilines is 1. The number of hydrogen-bond donors (Lipinski definition) is 1. The van der Waals surface area contributed by atoms with Gasteiger partial charge in [-0.1, -0.05) is 6.07 Å². The minimum Gasteiger partial charge on any atom is -0.304 e. The zero-order valence-electron chi connectivity index (χ0n) is 6.50. The van der Waals surface area contributed by atoms with E-state index in [2.05, 4.69) is 26.3 Å². The molecule has 0 aliphatic carbocycles. The van der Waals surface area contributed by atoms with Gasteiger partial charge in [0.1, 0.15) is 10.4 Å². The van der Waals surface area contributed by atoms with Crippen molar-refractivity contribution in [2.45, 2.75) is 0 Å². The topological polar surface area (TPSA) is 28.2 Å². The molecule has 1 heterocycles. The van der Waals surface area contributed by atoms with Crippen LogP contribution in [0.2, 0.25) is 0 Å². The molecule has 0 radical (unpaired) electrons. The van der Waals surface area contributed by atoms with Gasteiger partial charge >= 0.3 is 0 Å². The summed E-state index contributed by atoms with van der Waals surface area (Å²) in [4.78, 5) is 4.18. The van der Waals surface area contributed by atoms with Crippen LogP contribution in [-0.4, -0.2) is 24.1 Å². The molecule has 0 saturated heterocycles. The van der Waals surface area contributed by atoms with Crippen LogP contribution in [0.15, 0.2) is 22.8 Å². The van der Waals surface area contributed by atoms with Crippen molar-refractivity contribution in [3.05, 3.63) is 22.8 Å². The second-order valence-electron chi connectivity index (χ2n) is 2.35. The van der Waals surface area contributed by atoms with Crippen LogP contribution in [0.1, 0.15) is 0 Å². The Hall–Kier alpha value is -0.610. The second kappa shape index (κ2) is 3.69. The first-order valence-corrected chi connectivity index (χ1v) is 4.04. The van der Waals surface area contributed by atoms with Crippen molar-refractivity contribution >= 4 is 21.7 Å². The third-order valence-electron chi connectivity index (χ3n) is 1.05. The third kappa shape index (κ3) is 2.86. The highest BCUT2D eigenvalue weighted by Gasteiger charge is 1.93. The Kier molecular flexibility index (Phi) is 2.84. The Morgan fingerprint density at radius 1 is 1.45 bits per heavy atom. The maximum atomic E-state index is 4.18. The van der Waals surface area contributed by atoms with Gasteiger partial charge in [-0.15, -0.1) is 0 Å². The number of rotatable bonds is 2. The van der Waals surface area contributed by atoms with Gasteiger partial charge in [-0.05, 0) is 28.1 Å². The van der Waals surface area contributed by atoms with Crippen LogP contribution in [0.4, 0.5) is 5.82 Å². The molecule has 1 aromatic heterocycles. The number of pyridine rings is 1. The summed E-state index contributed by atoms with van der Waals surface area (Å²) >= 11 is 3.28. The van der Waals surface area contributed by atoms with E-state index in [0.717, 1.165) is 10.4 Å². The van der Waals surface area contributed by atoms with Gasteiger partial charge in [-0.3, -0.25) is 0 Å². The van der Waals surface area contributed by atoms with E-state index in [1.807, 2.05) is 37.3 Å². The highest BCUT2D eigenvalue weighted by atomic mass is 79.9. The predicted molar refractivity (Wildman–Crippen MR) is 49.2 cm³/mol. The Morgan fingerprint density at radius 3 is 2.73 bits per heavy atom. The van der Waals surface area contributed by atoms with Crippen molar-refractivity contribution in [3.8, 4) is 0 Å². The van der Waals surface area contributed by atoms with E-state index in [0.29, 0.717) is 0 Å². The van der Waals surface area contributed by atoms with Gasteiger partial charge in [0.25, 0.3) is 0 Å². The number of halogens is 1. The first kappa shape index (κ1) is 8.49. The third-order valence-corrected chi connectivity index (χ3v) is 1.49. The van der Waals surface area contributed by atoms with Crippen LogP contribution >= 0.6 is 15.9 Å². The first-order chi connectivity index (χ1) is 5.18. The maximum absolute atomic E-state index is 4.18. The lowest BCUT2D eigenvalue weighted by Gasteiger charge is -2.11. The standard InChI is InChI=1S/C7H10BrN3/c1-11(2)10-7-5-3-4-6(8)9-7/h3-5H,1-2H3,(H,9,10). The fourth-order valence-corrected chi connectivity index (χ4v) is 1.04. The molecule has 3 nitrogen and oxygen atoms in total. The number of hydrazine groups is 1. The summed E-state index contributed by atoms with van der Waals surface area (Å²) in [6, 6.07) is 5.73. The Morgan fingerprint density at radius 2 is 2.18 bits per heavy atom. The van der Waals surface area contributed by atoms with Gasteiger partial charge in [0, 0.05) is 14.1 Å². The summed E-state index contributed by atoms with van der Waals surface area (Å²) in [6.45, 7) is 0. The number of hydrogen-bond acceptors (Lipinski definition) is 3. The quantitative estimate of drug-likeness (QED) is 0.602. The molecular weight excluding hydrogens is 206 g/mol. The maximum Gasteiger partial charge on any atom is 0.141 e. The molecule has 1 rings (SSSR count). The van der Waals surface area contributed by atoms with Gasteiger partial charge in [-0.2, -0.15) is 0 Å². The zero-order valence-corrected chi connectivity index (χ0v) is 8.09. The first-order valence-electron chi connectivity index (χ1n) is 3.25. The van der Waals surface area contributed by atoms with Crippen LogP contribution in [0, 0.1) is 0 Å². The molecular formula is C7H10BrN3. The average molecular weight is 216 g/mol. The fraction of sp³-hybridized carbons (Fsp3) is 0.286. The van der Waals surface area contributed by atoms with Crippen LogP contribution in [0.25, 0.3) is 0 Å². The van der Waals surface area contributed by atoms with Crippen molar-refractivity contribution in [2.24, 2.45) is 0 Å². The SMILES string of the molecule is CN(C)Nc1cccc(Br)n1. The highest BCUT2D eigenvalue weighted by Crippen LogP contribution is 2.09. The van der Waals surface area contributed by atoms with Gasteiger partial charge in [0.15, 0.2) is 0 Å². The van der Waals surface area contributed by atoms with E-state index >= 15 is 0 Å². The molecule has 0 spiro atoms. The molecule has 0 atom stereocenters. The smallest absolute Gasteiger partial charge is 0.141 e. The normalized spacial score (nSPS) is 10.2. The van der Waals surface area contributed by atoms with Crippen LogP contribution < -0.4 is 5.43 Å². The number of nitrogens with zero attached hydrogens (tertiary/aromatic N) is 2. The van der Waals surface area contributed by atoms with Crippen LogP contribution in [0.5, 0.6) is 0 Å². The number of aromatic nitrogens is 1. The van der Waals surface area contributed by atoms with E-state index in [1.165, 1.54) is 0 Å². The molecule has 0 amide bonds. The van der Waals surface area contributed by atoms with Crippen molar-refractivity contribution in [1.29, 1.82) is 0 Å². The molecule has 0 aliphatic heterocycles. The minimum atomic E-state index is 0.837. The van der Waals surface area contributed by atoms with E-state index in [1.54, 1.807) is 0 Å². The van der Waals surface area contributed by atoms with E-state index in [4.69, 9.17) is 0 Å². The molecule has 60 valence electrons. The van der Waals surface area contributed by atoms with Crippen molar-refractivity contribution < 1.29 is 0 Å². The fourth-order valence-electron chi connectivity index (χ4n) is 0.700. The van der Waals surface area contributed by atoms with Gasteiger partial charge in [-0.25, -0.2) is 9.99 Å². The molecule has 0 aliphatic rings.